The van der Waals surface area contributed by atoms with Gasteiger partial charge in [-0.2, -0.15) is 0 Å². The standard InChI is InChI=1S/C14H14ClN3O/c1-9-11(15)4-3-5-12(9)18-14(19)10-8-17-7-6-13(10)16-2/h3-8H,1-2H3,(H,16,17)(H,18,19). The average Bonchev–Trinajstić information content (AvgIpc) is 2.43. The van der Waals surface area contributed by atoms with Crippen LogP contribution in [0.15, 0.2) is 36.7 Å². The first-order valence-electron chi connectivity index (χ1n) is 5.81. The maximum absolute atomic E-state index is 12.2. The van der Waals surface area contributed by atoms with Crippen molar-refractivity contribution in [3.05, 3.63) is 52.8 Å². The van der Waals surface area contributed by atoms with Crippen LogP contribution in [0.2, 0.25) is 5.02 Å². The number of benzene rings is 1. The van der Waals surface area contributed by atoms with Crippen LogP contribution in [0.3, 0.4) is 0 Å². The fraction of sp³-hybridized carbons (Fsp3) is 0.143. The Hall–Kier alpha value is -2.07. The minimum atomic E-state index is -0.220. The summed E-state index contributed by atoms with van der Waals surface area (Å²) in [7, 11) is 1.76. The number of rotatable bonds is 3. The highest BCUT2D eigenvalue weighted by Crippen LogP contribution is 2.24. The zero-order chi connectivity index (χ0) is 13.8. The van der Waals surface area contributed by atoms with Gasteiger partial charge in [-0.3, -0.25) is 9.78 Å². The molecular formula is C14H14ClN3O. The smallest absolute Gasteiger partial charge is 0.259 e. The van der Waals surface area contributed by atoms with E-state index in [9.17, 15) is 4.79 Å². The molecule has 1 aromatic carbocycles. The Balaban J connectivity index is 2.28. The highest BCUT2D eigenvalue weighted by Gasteiger charge is 2.12. The summed E-state index contributed by atoms with van der Waals surface area (Å²) in [6.07, 6.45) is 3.16. The number of nitrogens with zero attached hydrogens (tertiary/aromatic N) is 1. The average molecular weight is 276 g/mol. The second-order valence-electron chi connectivity index (χ2n) is 4.04. The van der Waals surface area contributed by atoms with E-state index in [1.165, 1.54) is 6.20 Å². The number of carbonyl (C=O) groups is 1. The number of amides is 1. The van der Waals surface area contributed by atoms with Crippen LogP contribution >= 0.6 is 11.6 Å². The molecule has 0 fully saturated rings. The third-order valence-electron chi connectivity index (χ3n) is 2.85. The molecule has 0 saturated heterocycles. The molecule has 0 spiro atoms. The predicted octanol–water partition coefficient (Wildman–Crippen LogP) is 3.34. The fourth-order valence-corrected chi connectivity index (χ4v) is 1.90. The van der Waals surface area contributed by atoms with Gasteiger partial charge in [0.1, 0.15) is 0 Å². The summed E-state index contributed by atoms with van der Waals surface area (Å²) in [5.41, 5.74) is 2.76. The van der Waals surface area contributed by atoms with Gasteiger partial charge in [-0.15, -0.1) is 0 Å². The Labute approximate surface area is 116 Å². The number of nitrogens with one attached hydrogen (secondary N) is 2. The molecule has 19 heavy (non-hydrogen) atoms. The first kappa shape index (κ1) is 13.4. The molecule has 0 aliphatic heterocycles. The third-order valence-corrected chi connectivity index (χ3v) is 3.26. The van der Waals surface area contributed by atoms with Crippen LogP contribution in [0.4, 0.5) is 11.4 Å². The largest absolute Gasteiger partial charge is 0.387 e. The van der Waals surface area contributed by atoms with Crippen LogP contribution in [0.1, 0.15) is 15.9 Å². The second-order valence-corrected chi connectivity index (χ2v) is 4.44. The summed E-state index contributed by atoms with van der Waals surface area (Å²) in [6.45, 7) is 1.86. The minimum absolute atomic E-state index is 0.220. The van der Waals surface area contributed by atoms with Gasteiger partial charge < -0.3 is 10.6 Å². The van der Waals surface area contributed by atoms with Crippen LogP contribution in [0, 0.1) is 6.92 Å². The van der Waals surface area contributed by atoms with E-state index >= 15 is 0 Å². The predicted molar refractivity (Wildman–Crippen MR) is 77.9 cm³/mol. The Morgan fingerprint density at radius 2 is 2.05 bits per heavy atom. The summed E-state index contributed by atoms with van der Waals surface area (Å²) in [4.78, 5) is 16.2. The molecule has 2 rings (SSSR count). The van der Waals surface area contributed by atoms with Gasteiger partial charge in [-0.1, -0.05) is 17.7 Å². The van der Waals surface area contributed by atoms with E-state index in [0.717, 1.165) is 11.3 Å². The zero-order valence-electron chi connectivity index (χ0n) is 10.7. The lowest BCUT2D eigenvalue weighted by Crippen LogP contribution is -2.15. The molecule has 0 radical (unpaired) electrons. The molecule has 0 aliphatic carbocycles. The molecule has 2 N–H and O–H groups in total. The minimum Gasteiger partial charge on any atom is -0.387 e. The highest BCUT2D eigenvalue weighted by atomic mass is 35.5. The van der Waals surface area contributed by atoms with Gasteiger partial charge in [-0.25, -0.2) is 0 Å². The molecule has 1 aromatic heterocycles. The van der Waals surface area contributed by atoms with Crippen molar-refractivity contribution in [1.29, 1.82) is 0 Å². The van der Waals surface area contributed by atoms with Crippen LogP contribution < -0.4 is 10.6 Å². The quantitative estimate of drug-likeness (QED) is 0.903. The number of carbonyl (C=O) groups excluding carboxylic acids is 1. The molecule has 2 aromatic rings. The molecule has 5 heteroatoms. The first-order chi connectivity index (χ1) is 9.13. The lowest BCUT2D eigenvalue weighted by Gasteiger charge is -2.11. The van der Waals surface area contributed by atoms with Crippen molar-refractivity contribution < 1.29 is 4.79 Å². The van der Waals surface area contributed by atoms with Crippen LogP contribution in [-0.2, 0) is 0 Å². The van der Waals surface area contributed by atoms with Crippen molar-refractivity contribution in [3.63, 3.8) is 0 Å². The highest BCUT2D eigenvalue weighted by molar-refractivity contribution is 6.31. The van der Waals surface area contributed by atoms with E-state index < -0.39 is 0 Å². The summed E-state index contributed by atoms with van der Waals surface area (Å²) in [5, 5.41) is 6.42. The van der Waals surface area contributed by atoms with Crippen molar-refractivity contribution in [2.45, 2.75) is 6.92 Å². The Morgan fingerprint density at radius 1 is 1.26 bits per heavy atom. The van der Waals surface area contributed by atoms with Gasteiger partial charge in [0.25, 0.3) is 5.91 Å². The van der Waals surface area contributed by atoms with Gasteiger partial charge in [0.15, 0.2) is 0 Å². The number of hydrogen-bond acceptors (Lipinski definition) is 3. The molecule has 1 heterocycles. The number of aromatic nitrogens is 1. The zero-order valence-corrected chi connectivity index (χ0v) is 11.5. The Kier molecular flexibility index (Phi) is 4.02. The normalized spacial score (nSPS) is 10.1. The number of anilines is 2. The molecular weight excluding hydrogens is 262 g/mol. The summed E-state index contributed by atoms with van der Waals surface area (Å²) >= 11 is 6.03. The lowest BCUT2D eigenvalue weighted by molar-refractivity contribution is 0.102. The van der Waals surface area contributed by atoms with Gasteiger partial charge in [0.2, 0.25) is 0 Å². The maximum Gasteiger partial charge on any atom is 0.259 e. The number of pyridine rings is 1. The van der Waals surface area contributed by atoms with Crippen LogP contribution in [0.5, 0.6) is 0 Å². The topological polar surface area (TPSA) is 54.0 Å². The van der Waals surface area contributed by atoms with Crippen LogP contribution in [0.25, 0.3) is 0 Å². The van der Waals surface area contributed by atoms with Gasteiger partial charge in [0.05, 0.1) is 5.56 Å². The van der Waals surface area contributed by atoms with Gasteiger partial charge in [0, 0.05) is 35.8 Å². The number of halogens is 1. The van der Waals surface area contributed by atoms with Crippen molar-refractivity contribution in [2.75, 3.05) is 17.7 Å². The van der Waals surface area contributed by atoms with E-state index in [1.54, 1.807) is 31.4 Å². The summed E-state index contributed by atoms with van der Waals surface area (Å²) < 4.78 is 0. The monoisotopic (exact) mass is 275 g/mol. The van der Waals surface area contributed by atoms with E-state index in [2.05, 4.69) is 15.6 Å². The molecule has 98 valence electrons. The molecule has 0 aliphatic rings. The Morgan fingerprint density at radius 3 is 2.79 bits per heavy atom. The molecule has 0 saturated carbocycles. The van der Waals surface area contributed by atoms with E-state index in [-0.39, 0.29) is 5.91 Å². The van der Waals surface area contributed by atoms with E-state index in [0.29, 0.717) is 16.3 Å². The molecule has 4 nitrogen and oxygen atoms in total. The summed E-state index contributed by atoms with van der Waals surface area (Å²) in [6, 6.07) is 7.15. The molecule has 0 unspecified atom stereocenters. The van der Waals surface area contributed by atoms with Crippen molar-refractivity contribution in [1.82, 2.24) is 4.98 Å². The van der Waals surface area contributed by atoms with Crippen molar-refractivity contribution >= 4 is 28.9 Å². The van der Waals surface area contributed by atoms with E-state index in [1.807, 2.05) is 13.0 Å². The number of hydrogen-bond donors (Lipinski definition) is 2. The third kappa shape index (κ3) is 2.85. The fourth-order valence-electron chi connectivity index (χ4n) is 1.73. The SMILES string of the molecule is CNc1ccncc1C(=O)Nc1cccc(Cl)c1C. The van der Waals surface area contributed by atoms with Crippen molar-refractivity contribution in [2.24, 2.45) is 0 Å². The lowest BCUT2D eigenvalue weighted by atomic mass is 10.1. The van der Waals surface area contributed by atoms with E-state index in [4.69, 9.17) is 11.6 Å². The van der Waals surface area contributed by atoms with Crippen LogP contribution in [-0.4, -0.2) is 17.9 Å². The molecule has 0 bridgehead atoms. The summed E-state index contributed by atoms with van der Waals surface area (Å²) in [5.74, 6) is -0.220. The Bertz CT molecular complexity index is 613. The maximum atomic E-state index is 12.2. The van der Waals surface area contributed by atoms with Gasteiger partial charge in [-0.05, 0) is 30.7 Å². The van der Waals surface area contributed by atoms with Gasteiger partial charge >= 0.3 is 0 Å². The first-order valence-corrected chi connectivity index (χ1v) is 6.19. The molecule has 0 atom stereocenters. The van der Waals surface area contributed by atoms with Crippen molar-refractivity contribution in [3.8, 4) is 0 Å². The molecule has 1 amide bonds. The second kappa shape index (κ2) is 5.71.